The van der Waals surface area contributed by atoms with E-state index < -0.39 is 0 Å². The van der Waals surface area contributed by atoms with E-state index in [9.17, 15) is 0 Å². The molecule has 0 saturated heterocycles. The molecule has 0 amide bonds. The highest BCUT2D eigenvalue weighted by atomic mass is 79.9. The van der Waals surface area contributed by atoms with Gasteiger partial charge in [0.25, 0.3) is 0 Å². The van der Waals surface area contributed by atoms with Crippen LogP contribution in [0, 0.1) is 0 Å². The van der Waals surface area contributed by atoms with Crippen molar-refractivity contribution in [2.75, 3.05) is 20.8 Å². The van der Waals surface area contributed by atoms with Crippen molar-refractivity contribution in [2.45, 2.75) is 13.0 Å². The van der Waals surface area contributed by atoms with Gasteiger partial charge >= 0.3 is 0 Å². The third-order valence-corrected chi connectivity index (χ3v) is 3.75. The Kier molecular flexibility index (Phi) is 8.31. The van der Waals surface area contributed by atoms with Crippen molar-refractivity contribution in [1.29, 1.82) is 0 Å². The van der Waals surface area contributed by atoms with Gasteiger partial charge in [-0.3, -0.25) is 0 Å². The van der Waals surface area contributed by atoms with Crippen LogP contribution in [0.15, 0.2) is 46.9 Å². The summed E-state index contributed by atoms with van der Waals surface area (Å²) in [5.74, 6) is 1.55. The molecule has 2 rings (SSSR count). The van der Waals surface area contributed by atoms with Crippen molar-refractivity contribution in [3.63, 3.8) is 0 Å². The highest BCUT2D eigenvalue weighted by Gasteiger charge is 2.04. The second kappa shape index (κ2) is 9.72. The summed E-state index contributed by atoms with van der Waals surface area (Å²) in [5, 5.41) is 3.45. The zero-order chi connectivity index (χ0) is 15.1. The van der Waals surface area contributed by atoms with Crippen LogP contribution in [0.2, 0.25) is 0 Å². The average molecular weight is 386 g/mol. The van der Waals surface area contributed by atoms with E-state index in [1.807, 2.05) is 18.2 Å². The van der Waals surface area contributed by atoms with Gasteiger partial charge in [-0.1, -0.05) is 34.1 Å². The van der Waals surface area contributed by atoms with Crippen LogP contribution in [0.5, 0.6) is 11.5 Å². The highest BCUT2D eigenvalue weighted by Crippen LogP contribution is 2.27. The van der Waals surface area contributed by atoms with Gasteiger partial charge in [-0.15, -0.1) is 0 Å². The predicted octanol–water partition coefficient (Wildman–Crippen LogP) is 0.803. The largest absolute Gasteiger partial charge is 1.00 e. The fourth-order valence-corrected chi connectivity index (χ4v) is 2.60. The van der Waals surface area contributed by atoms with E-state index in [1.165, 1.54) is 11.1 Å². The highest BCUT2D eigenvalue weighted by molar-refractivity contribution is 9.10. The molecule has 0 fully saturated rings. The quantitative estimate of drug-likeness (QED) is 0.715. The van der Waals surface area contributed by atoms with E-state index in [4.69, 9.17) is 9.47 Å². The number of benzene rings is 2. The molecule has 3 nitrogen and oxygen atoms in total. The lowest BCUT2D eigenvalue weighted by Gasteiger charge is -2.10. The van der Waals surface area contributed by atoms with E-state index in [0.717, 1.165) is 35.5 Å². The summed E-state index contributed by atoms with van der Waals surface area (Å²) in [6.45, 7) is 1.79. The first-order valence-corrected chi connectivity index (χ1v) is 7.68. The van der Waals surface area contributed by atoms with Crippen LogP contribution in [-0.4, -0.2) is 20.8 Å². The van der Waals surface area contributed by atoms with E-state index in [2.05, 4.69) is 45.5 Å². The summed E-state index contributed by atoms with van der Waals surface area (Å²) in [4.78, 5) is 0. The minimum Gasteiger partial charge on any atom is -1.00 e. The molecular weight excluding hydrogens is 366 g/mol. The molecule has 0 heterocycles. The molecule has 0 unspecified atom stereocenters. The van der Waals surface area contributed by atoms with Crippen molar-refractivity contribution in [2.24, 2.45) is 0 Å². The Bertz CT molecular complexity index is 593. The molecule has 5 heteroatoms. The molecule has 0 aliphatic rings. The molecule has 0 spiro atoms. The maximum absolute atomic E-state index is 5.32. The van der Waals surface area contributed by atoms with Crippen molar-refractivity contribution in [3.8, 4) is 11.5 Å². The van der Waals surface area contributed by atoms with Crippen LogP contribution in [-0.2, 0) is 13.0 Å². The first-order chi connectivity index (χ1) is 10.2. The van der Waals surface area contributed by atoms with E-state index in [-0.39, 0.29) is 12.4 Å². The number of methoxy groups -OCH3 is 2. The molecule has 2 aromatic rings. The van der Waals surface area contributed by atoms with Gasteiger partial charge in [-0.2, -0.15) is 0 Å². The van der Waals surface area contributed by atoms with Crippen molar-refractivity contribution < 1.29 is 21.9 Å². The van der Waals surface area contributed by atoms with Crippen molar-refractivity contribution in [1.82, 2.24) is 5.32 Å². The molecule has 0 aliphatic carbocycles. The minimum absolute atomic E-state index is 0. The third-order valence-electron chi connectivity index (χ3n) is 3.26. The first-order valence-electron chi connectivity index (χ1n) is 6.89. The van der Waals surface area contributed by atoms with Crippen LogP contribution in [0.25, 0.3) is 0 Å². The van der Waals surface area contributed by atoms with Crippen LogP contribution in [0.4, 0.5) is 0 Å². The molecule has 22 heavy (non-hydrogen) atoms. The summed E-state index contributed by atoms with van der Waals surface area (Å²) in [6.07, 6.45) is 0.953. The zero-order valence-corrected chi connectivity index (χ0v) is 15.1. The maximum atomic E-state index is 5.32. The Labute approximate surface area is 146 Å². The Morgan fingerprint density at radius 2 is 1.73 bits per heavy atom. The van der Waals surface area contributed by atoms with Gasteiger partial charge in [0, 0.05) is 11.0 Å². The van der Waals surface area contributed by atoms with Crippen LogP contribution in [0.1, 0.15) is 11.1 Å². The summed E-state index contributed by atoms with van der Waals surface area (Å²) in [6, 6.07) is 14.4. The molecule has 0 radical (unpaired) electrons. The molecule has 1 N–H and O–H groups in total. The van der Waals surface area contributed by atoms with E-state index in [0.29, 0.717) is 0 Å². The average Bonchev–Trinajstić information content (AvgIpc) is 2.51. The second-order valence-electron chi connectivity index (χ2n) is 4.75. The van der Waals surface area contributed by atoms with Gasteiger partial charge in [0.2, 0.25) is 0 Å². The Balaban J connectivity index is 0.00000242. The molecule has 120 valence electrons. The van der Waals surface area contributed by atoms with Crippen molar-refractivity contribution in [3.05, 3.63) is 58.1 Å². The second-order valence-corrected chi connectivity index (χ2v) is 5.66. The molecule has 0 atom stereocenters. The smallest absolute Gasteiger partial charge is 0.160 e. The number of hydrogen-bond acceptors (Lipinski definition) is 3. The van der Waals surface area contributed by atoms with Crippen molar-refractivity contribution >= 4 is 15.9 Å². The molecule has 0 aromatic heterocycles. The predicted molar refractivity (Wildman–Crippen MR) is 89.1 cm³/mol. The van der Waals surface area contributed by atoms with E-state index in [1.54, 1.807) is 14.2 Å². The molecule has 2 aromatic carbocycles. The van der Waals surface area contributed by atoms with E-state index >= 15 is 0 Å². The van der Waals surface area contributed by atoms with Gasteiger partial charge in [0.05, 0.1) is 14.2 Å². The maximum Gasteiger partial charge on any atom is 0.160 e. The lowest BCUT2D eigenvalue weighted by molar-refractivity contribution is -0.00000474. The van der Waals surface area contributed by atoms with Gasteiger partial charge in [-0.05, 0) is 48.4 Å². The summed E-state index contributed by atoms with van der Waals surface area (Å²) < 4.78 is 11.7. The number of rotatable bonds is 7. The fraction of sp³-hybridized carbons (Fsp3) is 0.294. The van der Waals surface area contributed by atoms with Gasteiger partial charge in [-0.25, -0.2) is 0 Å². The standard InChI is InChI=1S/C17H20BrNO2.ClH/c1-20-16-7-6-13(11-17(16)21-2)8-9-19-12-14-4-3-5-15(18)10-14;/h3-7,10-11,19H,8-9,12H2,1-2H3;1H/p-1. The number of halogens is 2. The van der Waals surface area contributed by atoms with Gasteiger partial charge < -0.3 is 27.2 Å². The third kappa shape index (κ3) is 5.52. The number of hydrogen-bond donors (Lipinski definition) is 1. The summed E-state index contributed by atoms with van der Waals surface area (Å²) in [7, 11) is 3.31. The van der Waals surface area contributed by atoms with Gasteiger partial charge in [0.1, 0.15) is 0 Å². The normalized spacial score (nSPS) is 9.95. The van der Waals surface area contributed by atoms with Crippen LogP contribution >= 0.6 is 15.9 Å². The molecule has 0 saturated carbocycles. The summed E-state index contributed by atoms with van der Waals surface area (Å²) in [5.41, 5.74) is 2.51. The number of ether oxygens (including phenoxy) is 2. The monoisotopic (exact) mass is 384 g/mol. The molecule has 0 bridgehead atoms. The summed E-state index contributed by atoms with van der Waals surface area (Å²) >= 11 is 3.48. The lowest BCUT2D eigenvalue weighted by Crippen LogP contribution is -3.00. The fourth-order valence-electron chi connectivity index (χ4n) is 2.15. The minimum atomic E-state index is 0. The SMILES string of the molecule is COc1ccc(CCNCc2cccc(Br)c2)cc1OC.[Cl-]. The Morgan fingerprint density at radius 3 is 2.41 bits per heavy atom. The van der Waals surface area contributed by atoms with Crippen LogP contribution in [0.3, 0.4) is 0 Å². The lowest BCUT2D eigenvalue weighted by atomic mass is 10.1. The molecule has 0 aliphatic heterocycles. The Morgan fingerprint density at radius 1 is 0.955 bits per heavy atom. The first kappa shape index (κ1) is 18.8. The van der Waals surface area contributed by atoms with Gasteiger partial charge in [0.15, 0.2) is 11.5 Å². The van der Waals surface area contributed by atoms with Crippen LogP contribution < -0.4 is 27.2 Å². The Hall–Kier alpha value is -1.23. The molecular formula is C17H20BrClNO2-. The number of nitrogens with one attached hydrogen (secondary N) is 1. The topological polar surface area (TPSA) is 30.5 Å². The zero-order valence-electron chi connectivity index (χ0n) is 12.7.